The summed E-state index contributed by atoms with van der Waals surface area (Å²) in [7, 11) is 0. The molecule has 2 rings (SSSR count). The van der Waals surface area contributed by atoms with Crippen LogP contribution in [-0.2, 0) is 0 Å². The largest absolute Gasteiger partial charge is 0.316 e. The molecule has 1 nitrogen and oxygen atoms in total. The standard InChI is InChI=1S/C15H23N/c1-10-6-11(2)14(12(3)7-10)13-8-16-9-15(13,4)5/h6-7,13,16H,8-9H2,1-5H3. The van der Waals surface area contributed by atoms with Crippen LogP contribution < -0.4 is 5.32 Å². The van der Waals surface area contributed by atoms with E-state index in [9.17, 15) is 0 Å². The highest BCUT2D eigenvalue weighted by Gasteiger charge is 2.36. The Bertz CT molecular complexity index is 381. The molecule has 1 aliphatic heterocycles. The van der Waals surface area contributed by atoms with E-state index in [-0.39, 0.29) is 0 Å². The van der Waals surface area contributed by atoms with Crippen LogP contribution in [0, 0.1) is 26.2 Å². The molecule has 1 saturated heterocycles. The monoisotopic (exact) mass is 217 g/mol. The van der Waals surface area contributed by atoms with Gasteiger partial charge in [-0.1, -0.05) is 31.5 Å². The molecule has 1 N–H and O–H groups in total. The first-order chi connectivity index (χ1) is 7.42. The third-order valence-electron chi connectivity index (χ3n) is 3.96. The van der Waals surface area contributed by atoms with Crippen LogP contribution in [0.4, 0.5) is 0 Å². The van der Waals surface area contributed by atoms with E-state index in [0.717, 1.165) is 13.1 Å². The molecule has 1 unspecified atom stereocenters. The van der Waals surface area contributed by atoms with E-state index in [2.05, 4.69) is 52.1 Å². The summed E-state index contributed by atoms with van der Waals surface area (Å²) in [6.45, 7) is 13.7. The summed E-state index contributed by atoms with van der Waals surface area (Å²) in [4.78, 5) is 0. The lowest BCUT2D eigenvalue weighted by Gasteiger charge is -2.29. The first kappa shape index (κ1) is 11.7. The zero-order valence-corrected chi connectivity index (χ0v) is 11.1. The van der Waals surface area contributed by atoms with Crippen LogP contribution in [0.2, 0.25) is 0 Å². The number of nitrogens with one attached hydrogen (secondary N) is 1. The zero-order chi connectivity index (χ0) is 11.9. The fraction of sp³-hybridized carbons (Fsp3) is 0.600. The van der Waals surface area contributed by atoms with Crippen molar-refractivity contribution in [2.45, 2.75) is 40.5 Å². The molecule has 0 radical (unpaired) electrons. The molecular weight excluding hydrogens is 194 g/mol. The highest BCUT2D eigenvalue weighted by atomic mass is 14.9. The molecule has 0 aromatic heterocycles. The summed E-state index contributed by atoms with van der Waals surface area (Å²) in [5, 5.41) is 3.53. The van der Waals surface area contributed by atoms with Gasteiger partial charge < -0.3 is 5.32 Å². The van der Waals surface area contributed by atoms with Crippen LogP contribution in [0.25, 0.3) is 0 Å². The SMILES string of the molecule is Cc1cc(C)c(C2CNCC2(C)C)c(C)c1. The molecular formula is C15H23N. The molecule has 0 spiro atoms. The number of hydrogen-bond donors (Lipinski definition) is 1. The van der Waals surface area contributed by atoms with Crippen LogP contribution in [0.3, 0.4) is 0 Å². The van der Waals surface area contributed by atoms with Crippen molar-refractivity contribution < 1.29 is 0 Å². The van der Waals surface area contributed by atoms with Crippen LogP contribution in [0.15, 0.2) is 12.1 Å². The number of hydrogen-bond acceptors (Lipinski definition) is 1. The van der Waals surface area contributed by atoms with E-state index in [1.54, 1.807) is 5.56 Å². The van der Waals surface area contributed by atoms with Gasteiger partial charge in [-0.25, -0.2) is 0 Å². The van der Waals surface area contributed by atoms with Crippen molar-refractivity contribution in [3.8, 4) is 0 Å². The number of aryl methyl sites for hydroxylation is 3. The summed E-state index contributed by atoms with van der Waals surface area (Å²) in [6.07, 6.45) is 0. The molecule has 1 aliphatic rings. The third-order valence-corrected chi connectivity index (χ3v) is 3.96. The van der Waals surface area contributed by atoms with Gasteiger partial charge in [0.15, 0.2) is 0 Å². The number of benzene rings is 1. The van der Waals surface area contributed by atoms with Gasteiger partial charge in [0.05, 0.1) is 0 Å². The first-order valence-electron chi connectivity index (χ1n) is 6.20. The number of rotatable bonds is 1. The second-order valence-corrected chi connectivity index (χ2v) is 5.98. The van der Waals surface area contributed by atoms with E-state index in [1.165, 1.54) is 16.7 Å². The van der Waals surface area contributed by atoms with Crippen molar-refractivity contribution in [3.05, 3.63) is 34.4 Å². The van der Waals surface area contributed by atoms with Crippen LogP contribution in [-0.4, -0.2) is 13.1 Å². The smallest absolute Gasteiger partial charge is 0.00320 e. The van der Waals surface area contributed by atoms with E-state index in [4.69, 9.17) is 0 Å². The van der Waals surface area contributed by atoms with Crippen molar-refractivity contribution in [1.82, 2.24) is 5.32 Å². The molecule has 1 atom stereocenters. The maximum absolute atomic E-state index is 3.53. The Kier molecular flexibility index (Phi) is 2.83. The topological polar surface area (TPSA) is 12.0 Å². The minimum Gasteiger partial charge on any atom is -0.316 e. The van der Waals surface area contributed by atoms with E-state index in [1.807, 2.05) is 0 Å². The molecule has 1 heteroatoms. The maximum Gasteiger partial charge on any atom is 0.00320 e. The Morgan fingerprint density at radius 2 is 1.69 bits per heavy atom. The van der Waals surface area contributed by atoms with Gasteiger partial charge >= 0.3 is 0 Å². The lowest BCUT2D eigenvalue weighted by Crippen LogP contribution is -2.22. The lowest BCUT2D eigenvalue weighted by molar-refractivity contribution is 0.361. The first-order valence-corrected chi connectivity index (χ1v) is 6.20. The molecule has 0 aliphatic carbocycles. The second-order valence-electron chi connectivity index (χ2n) is 5.98. The maximum atomic E-state index is 3.53. The van der Waals surface area contributed by atoms with Gasteiger partial charge in [-0.2, -0.15) is 0 Å². The highest BCUT2D eigenvalue weighted by Crippen LogP contribution is 2.41. The van der Waals surface area contributed by atoms with Crippen molar-refractivity contribution in [3.63, 3.8) is 0 Å². The van der Waals surface area contributed by atoms with Crippen molar-refractivity contribution >= 4 is 0 Å². The van der Waals surface area contributed by atoms with Gasteiger partial charge in [0.1, 0.15) is 0 Å². The molecule has 1 aromatic rings. The highest BCUT2D eigenvalue weighted by molar-refractivity contribution is 5.41. The normalized spacial score (nSPS) is 23.7. The Hall–Kier alpha value is -0.820. The Morgan fingerprint density at radius 1 is 1.12 bits per heavy atom. The molecule has 0 amide bonds. The Morgan fingerprint density at radius 3 is 2.12 bits per heavy atom. The van der Waals surface area contributed by atoms with Gasteiger partial charge in [-0.05, 0) is 42.9 Å². The van der Waals surface area contributed by atoms with Crippen molar-refractivity contribution in [1.29, 1.82) is 0 Å². The molecule has 0 bridgehead atoms. The van der Waals surface area contributed by atoms with Crippen LogP contribution >= 0.6 is 0 Å². The molecule has 88 valence electrons. The minimum atomic E-state index is 0.380. The van der Waals surface area contributed by atoms with Crippen LogP contribution in [0.1, 0.15) is 42.0 Å². The third kappa shape index (κ3) is 1.89. The predicted octanol–water partition coefficient (Wildman–Crippen LogP) is 3.32. The summed E-state index contributed by atoms with van der Waals surface area (Å²) in [5.74, 6) is 0.660. The van der Waals surface area contributed by atoms with Gasteiger partial charge in [0.25, 0.3) is 0 Å². The van der Waals surface area contributed by atoms with Crippen molar-refractivity contribution in [2.24, 2.45) is 5.41 Å². The lowest BCUT2D eigenvalue weighted by atomic mass is 9.75. The van der Waals surface area contributed by atoms with Gasteiger partial charge in [-0.3, -0.25) is 0 Å². The summed E-state index contributed by atoms with van der Waals surface area (Å²) < 4.78 is 0. The molecule has 0 saturated carbocycles. The Labute approximate surface area is 99.3 Å². The zero-order valence-electron chi connectivity index (χ0n) is 11.1. The van der Waals surface area contributed by atoms with Gasteiger partial charge in [-0.15, -0.1) is 0 Å². The van der Waals surface area contributed by atoms with Crippen LogP contribution in [0.5, 0.6) is 0 Å². The summed E-state index contributed by atoms with van der Waals surface area (Å²) in [6, 6.07) is 4.63. The Balaban J connectivity index is 2.48. The fourth-order valence-corrected chi connectivity index (χ4v) is 3.17. The van der Waals surface area contributed by atoms with E-state index < -0.39 is 0 Å². The van der Waals surface area contributed by atoms with E-state index in [0.29, 0.717) is 11.3 Å². The van der Waals surface area contributed by atoms with Crippen molar-refractivity contribution in [2.75, 3.05) is 13.1 Å². The molecule has 1 aromatic carbocycles. The van der Waals surface area contributed by atoms with Gasteiger partial charge in [0.2, 0.25) is 0 Å². The summed E-state index contributed by atoms with van der Waals surface area (Å²) >= 11 is 0. The quantitative estimate of drug-likeness (QED) is 0.761. The minimum absolute atomic E-state index is 0.380. The van der Waals surface area contributed by atoms with Gasteiger partial charge in [0, 0.05) is 19.0 Å². The predicted molar refractivity (Wildman–Crippen MR) is 70.0 cm³/mol. The molecule has 16 heavy (non-hydrogen) atoms. The molecule has 1 heterocycles. The fourth-order valence-electron chi connectivity index (χ4n) is 3.17. The average Bonchev–Trinajstić information content (AvgIpc) is 2.44. The van der Waals surface area contributed by atoms with E-state index >= 15 is 0 Å². The average molecular weight is 217 g/mol. The summed E-state index contributed by atoms with van der Waals surface area (Å²) in [5.41, 5.74) is 6.24. The second kappa shape index (κ2) is 3.89. The molecule has 1 fully saturated rings.